The number of rotatable bonds is 5. The van der Waals surface area contributed by atoms with Crippen molar-refractivity contribution in [3.8, 4) is 5.88 Å². The van der Waals surface area contributed by atoms with Crippen LogP contribution in [0.2, 0.25) is 0 Å². The first-order valence-corrected chi connectivity index (χ1v) is 8.08. The van der Waals surface area contributed by atoms with Gasteiger partial charge in [0.2, 0.25) is 5.88 Å². The molecule has 0 radical (unpaired) electrons. The van der Waals surface area contributed by atoms with Crippen molar-refractivity contribution in [1.82, 2.24) is 14.7 Å². The Kier molecular flexibility index (Phi) is 3.17. The van der Waals surface area contributed by atoms with E-state index in [1.807, 2.05) is 0 Å². The Balaban J connectivity index is 1.50. The molecule has 0 bridgehead atoms. The predicted octanol–water partition coefficient (Wildman–Crippen LogP) is 2.06. The van der Waals surface area contributed by atoms with Crippen molar-refractivity contribution in [1.29, 1.82) is 0 Å². The van der Waals surface area contributed by atoms with Crippen molar-refractivity contribution in [3.05, 3.63) is 17.3 Å². The van der Waals surface area contributed by atoms with E-state index in [0.29, 0.717) is 12.1 Å². The summed E-state index contributed by atoms with van der Waals surface area (Å²) in [4.78, 5) is 5.48. The highest BCUT2D eigenvalue weighted by Gasteiger charge is 2.40. The maximum absolute atomic E-state index is 5.87. The number of fused-ring (bicyclic) bond motifs is 1. The van der Waals surface area contributed by atoms with E-state index in [9.17, 15) is 0 Å². The average Bonchev–Trinajstić information content (AvgIpc) is 2.89. The lowest BCUT2D eigenvalue weighted by Crippen LogP contribution is -2.37. The van der Waals surface area contributed by atoms with Gasteiger partial charge >= 0.3 is 0 Å². The van der Waals surface area contributed by atoms with Crippen LogP contribution >= 0.6 is 11.3 Å². The van der Waals surface area contributed by atoms with Gasteiger partial charge in [0.25, 0.3) is 0 Å². The Hall–Kier alpha value is -1.11. The number of hydrogen-bond donors (Lipinski definition) is 1. The standard InChI is InChI=1S/C14H19N3O2S/c1-18-13-11(17-5-7-20-14(17)16-13)8-15-10-4-6-19-12(10)9-2-3-9/h5,7,9-10,12,15H,2-4,6,8H2,1H3. The molecule has 2 aromatic rings. The lowest BCUT2D eigenvalue weighted by atomic mass is 10.1. The normalized spacial score (nSPS) is 26.4. The van der Waals surface area contributed by atoms with E-state index in [1.54, 1.807) is 18.4 Å². The molecular weight excluding hydrogens is 274 g/mol. The molecule has 0 aromatic carbocycles. The molecule has 2 aromatic heterocycles. The molecule has 3 heterocycles. The molecule has 0 spiro atoms. The van der Waals surface area contributed by atoms with E-state index in [4.69, 9.17) is 9.47 Å². The van der Waals surface area contributed by atoms with Gasteiger partial charge in [-0.2, -0.15) is 4.98 Å². The van der Waals surface area contributed by atoms with Crippen molar-refractivity contribution >= 4 is 16.3 Å². The maximum atomic E-state index is 5.87. The summed E-state index contributed by atoms with van der Waals surface area (Å²) in [6, 6.07) is 0.469. The summed E-state index contributed by atoms with van der Waals surface area (Å²) >= 11 is 1.63. The Morgan fingerprint density at radius 3 is 3.20 bits per heavy atom. The first kappa shape index (κ1) is 12.6. The van der Waals surface area contributed by atoms with Gasteiger partial charge in [0.15, 0.2) is 4.96 Å². The van der Waals surface area contributed by atoms with Crippen LogP contribution in [-0.4, -0.2) is 35.2 Å². The highest BCUT2D eigenvalue weighted by Crippen LogP contribution is 2.39. The minimum Gasteiger partial charge on any atom is -0.480 e. The molecule has 2 fully saturated rings. The van der Waals surface area contributed by atoms with Crippen LogP contribution in [0.1, 0.15) is 25.0 Å². The van der Waals surface area contributed by atoms with Gasteiger partial charge in [-0.25, -0.2) is 0 Å². The molecule has 1 aliphatic carbocycles. The van der Waals surface area contributed by atoms with E-state index < -0.39 is 0 Å². The summed E-state index contributed by atoms with van der Waals surface area (Å²) in [6.07, 6.45) is 6.22. The number of methoxy groups -OCH3 is 1. The number of aromatic nitrogens is 2. The monoisotopic (exact) mass is 293 g/mol. The van der Waals surface area contributed by atoms with Gasteiger partial charge in [-0.3, -0.25) is 4.40 Å². The third-order valence-electron chi connectivity index (χ3n) is 4.27. The van der Waals surface area contributed by atoms with Gasteiger partial charge < -0.3 is 14.8 Å². The molecule has 20 heavy (non-hydrogen) atoms. The quantitative estimate of drug-likeness (QED) is 0.917. The molecule has 1 saturated heterocycles. The zero-order chi connectivity index (χ0) is 13.5. The fourth-order valence-electron chi connectivity index (χ4n) is 3.08. The van der Waals surface area contributed by atoms with Gasteiger partial charge in [0, 0.05) is 30.8 Å². The van der Waals surface area contributed by atoms with Crippen LogP contribution < -0.4 is 10.1 Å². The van der Waals surface area contributed by atoms with Crippen LogP contribution in [0.25, 0.3) is 4.96 Å². The molecule has 108 valence electrons. The van der Waals surface area contributed by atoms with E-state index in [-0.39, 0.29) is 0 Å². The van der Waals surface area contributed by atoms with Crippen molar-refractivity contribution in [3.63, 3.8) is 0 Å². The SMILES string of the molecule is COc1nc2sccn2c1CNC1CCOC1C1CC1. The highest BCUT2D eigenvalue weighted by molar-refractivity contribution is 7.15. The van der Waals surface area contributed by atoms with E-state index in [2.05, 4.69) is 26.3 Å². The molecule has 1 N–H and O–H groups in total. The Morgan fingerprint density at radius 1 is 1.50 bits per heavy atom. The summed E-state index contributed by atoms with van der Waals surface area (Å²) in [6.45, 7) is 1.66. The molecule has 2 aliphatic rings. The fourth-order valence-corrected chi connectivity index (χ4v) is 3.81. The van der Waals surface area contributed by atoms with E-state index in [0.717, 1.165) is 42.0 Å². The number of thiazole rings is 1. The number of ether oxygens (including phenoxy) is 2. The summed E-state index contributed by atoms with van der Waals surface area (Å²) in [5.41, 5.74) is 1.10. The minimum atomic E-state index is 0.409. The second-order valence-corrected chi connectivity index (χ2v) is 6.45. The van der Waals surface area contributed by atoms with Gasteiger partial charge in [-0.05, 0) is 25.2 Å². The molecule has 2 unspecified atom stereocenters. The largest absolute Gasteiger partial charge is 0.480 e. The molecule has 1 aliphatic heterocycles. The zero-order valence-electron chi connectivity index (χ0n) is 11.5. The Morgan fingerprint density at radius 2 is 2.40 bits per heavy atom. The predicted molar refractivity (Wildman–Crippen MR) is 77.3 cm³/mol. The Bertz CT molecular complexity index is 605. The molecule has 2 atom stereocenters. The molecule has 4 rings (SSSR count). The summed E-state index contributed by atoms with van der Waals surface area (Å²) in [7, 11) is 1.68. The maximum Gasteiger partial charge on any atom is 0.237 e. The Labute approximate surface area is 121 Å². The number of hydrogen-bond acceptors (Lipinski definition) is 5. The lowest BCUT2D eigenvalue weighted by molar-refractivity contribution is 0.0807. The second kappa shape index (κ2) is 5.02. The number of nitrogens with one attached hydrogen (secondary N) is 1. The molecule has 0 amide bonds. The average molecular weight is 293 g/mol. The highest BCUT2D eigenvalue weighted by atomic mass is 32.1. The van der Waals surface area contributed by atoms with Crippen molar-refractivity contribution in [2.45, 2.75) is 38.0 Å². The number of nitrogens with zero attached hydrogens (tertiary/aromatic N) is 2. The number of imidazole rings is 1. The summed E-state index contributed by atoms with van der Waals surface area (Å²) < 4.78 is 13.4. The van der Waals surface area contributed by atoms with E-state index >= 15 is 0 Å². The van der Waals surface area contributed by atoms with E-state index in [1.165, 1.54) is 12.8 Å². The van der Waals surface area contributed by atoms with Gasteiger partial charge in [0.1, 0.15) is 5.69 Å². The molecular formula is C14H19N3O2S. The van der Waals surface area contributed by atoms with Crippen LogP contribution in [0.5, 0.6) is 5.88 Å². The topological polar surface area (TPSA) is 47.8 Å². The fraction of sp³-hybridized carbons (Fsp3) is 0.643. The van der Waals surface area contributed by atoms with Gasteiger partial charge in [0.05, 0.1) is 13.2 Å². The molecule has 5 nitrogen and oxygen atoms in total. The summed E-state index contributed by atoms with van der Waals surface area (Å²) in [5, 5.41) is 5.70. The second-order valence-electron chi connectivity index (χ2n) is 5.57. The lowest BCUT2D eigenvalue weighted by Gasteiger charge is -2.19. The molecule has 6 heteroatoms. The van der Waals surface area contributed by atoms with Crippen molar-refractivity contribution in [2.75, 3.05) is 13.7 Å². The molecule has 1 saturated carbocycles. The van der Waals surface area contributed by atoms with Gasteiger partial charge in [-0.15, -0.1) is 11.3 Å². The first-order chi connectivity index (χ1) is 9.86. The smallest absolute Gasteiger partial charge is 0.237 e. The minimum absolute atomic E-state index is 0.409. The van der Waals surface area contributed by atoms with Crippen molar-refractivity contribution in [2.24, 2.45) is 5.92 Å². The third kappa shape index (κ3) is 2.12. The zero-order valence-corrected chi connectivity index (χ0v) is 12.4. The third-order valence-corrected chi connectivity index (χ3v) is 5.03. The van der Waals surface area contributed by atoms with Crippen molar-refractivity contribution < 1.29 is 9.47 Å². The van der Waals surface area contributed by atoms with Crippen LogP contribution in [-0.2, 0) is 11.3 Å². The van der Waals surface area contributed by atoms with Gasteiger partial charge in [-0.1, -0.05) is 0 Å². The van der Waals surface area contributed by atoms with Crippen LogP contribution in [0, 0.1) is 5.92 Å². The van der Waals surface area contributed by atoms with Crippen LogP contribution in [0.15, 0.2) is 11.6 Å². The first-order valence-electron chi connectivity index (χ1n) is 7.20. The summed E-state index contributed by atoms with van der Waals surface area (Å²) in [5.74, 6) is 1.51. The van der Waals surface area contributed by atoms with Crippen LogP contribution in [0.3, 0.4) is 0 Å². The van der Waals surface area contributed by atoms with Crippen LogP contribution in [0.4, 0.5) is 0 Å².